The molecule has 0 radical (unpaired) electrons. The van der Waals surface area contributed by atoms with Crippen molar-refractivity contribution in [2.24, 2.45) is 0 Å². The van der Waals surface area contributed by atoms with Crippen LogP contribution >= 0.6 is 39.3 Å². The van der Waals surface area contributed by atoms with E-state index in [0.29, 0.717) is 15.2 Å². The summed E-state index contributed by atoms with van der Waals surface area (Å²) in [4.78, 5) is 12.6. The van der Waals surface area contributed by atoms with Gasteiger partial charge in [0, 0.05) is 20.1 Å². The Hall–Kier alpha value is -1.24. The van der Waals surface area contributed by atoms with Crippen LogP contribution in [0, 0.1) is 5.82 Å². The summed E-state index contributed by atoms with van der Waals surface area (Å²) in [6.07, 6.45) is 0. The van der Waals surface area contributed by atoms with Gasteiger partial charge in [0.25, 0.3) is 0 Å². The van der Waals surface area contributed by atoms with E-state index in [2.05, 4.69) is 21.2 Å². The fourth-order valence-corrected chi connectivity index (χ4v) is 2.83. The number of halogens is 3. The quantitative estimate of drug-likeness (QED) is 0.595. The molecule has 0 heterocycles. The Morgan fingerprint density at radius 1 is 1.33 bits per heavy atom. The number of nitrogens with one attached hydrogen (secondary N) is 1. The van der Waals surface area contributed by atoms with E-state index in [1.54, 1.807) is 24.3 Å². The molecule has 7 heteroatoms. The van der Waals surface area contributed by atoms with Crippen molar-refractivity contribution in [2.45, 2.75) is 4.90 Å². The van der Waals surface area contributed by atoms with Crippen molar-refractivity contribution in [1.29, 1.82) is 0 Å². The van der Waals surface area contributed by atoms with Crippen molar-refractivity contribution in [3.63, 3.8) is 0 Å². The molecule has 0 aliphatic rings. The number of carbonyl (C=O) groups is 1. The van der Waals surface area contributed by atoms with Crippen molar-refractivity contribution in [1.82, 2.24) is 0 Å². The van der Waals surface area contributed by atoms with Gasteiger partial charge in [-0.15, -0.1) is 11.8 Å². The maximum absolute atomic E-state index is 13.6. The highest BCUT2D eigenvalue weighted by Crippen LogP contribution is 2.28. The first kappa shape index (κ1) is 16.1. The van der Waals surface area contributed by atoms with E-state index in [9.17, 15) is 9.18 Å². The van der Waals surface area contributed by atoms with Crippen LogP contribution < -0.4 is 11.1 Å². The Bertz CT molecular complexity index is 684. The van der Waals surface area contributed by atoms with Crippen molar-refractivity contribution in [3.8, 4) is 0 Å². The van der Waals surface area contributed by atoms with Crippen LogP contribution in [-0.2, 0) is 4.79 Å². The van der Waals surface area contributed by atoms with E-state index < -0.39 is 5.82 Å². The molecule has 3 nitrogen and oxygen atoms in total. The van der Waals surface area contributed by atoms with Gasteiger partial charge in [0.1, 0.15) is 5.82 Å². The maximum atomic E-state index is 13.6. The number of rotatable bonds is 4. The second kappa shape index (κ2) is 7.15. The first-order valence-electron chi connectivity index (χ1n) is 5.88. The van der Waals surface area contributed by atoms with Gasteiger partial charge in [0.2, 0.25) is 5.91 Å². The van der Waals surface area contributed by atoms with Gasteiger partial charge < -0.3 is 11.1 Å². The molecule has 0 unspecified atom stereocenters. The number of anilines is 2. The Morgan fingerprint density at radius 3 is 2.76 bits per heavy atom. The number of thioether (sulfide) groups is 1. The molecule has 2 rings (SSSR count). The first-order chi connectivity index (χ1) is 9.95. The van der Waals surface area contributed by atoms with Gasteiger partial charge in [0.05, 0.1) is 11.4 Å². The summed E-state index contributed by atoms with van der Waals surface area (Å²) in [6.45, 7) is 0. The van der Waals surface area contributed by atoms with Gasteiger partial charge in [0.15, 0.2) is 0 Å². The fourth-order valence-electron chi connectivity index (χ4n) is 1.57. The number of nitrogen functional groups attached to an aromatic ring is 1. The molecule has 0 saturated heterocycles. The van der Waals surface area contributed by atoms with Gasteiger partial charge in [-0.25, -0.2) is 4.39 Å². The Labute approximate surface area is 139 Å². The standard InChI is InChI=1S/C14H11BrClFN2OS/c15-8-1-3-12(10(17)5-8)19-14(20)7-21-13-4-2-9(16)6-11(13)18/h1-6H,7,18H2,(H,19,20). The molecule has 0 aliphatic carbocycles. The molecule has 0 fully saturated rings. The lowest BCUT2D eigenvalue weighted by molar-refractivity contribution is -0.113. The third kappa shape index (κ3) is 4.62. The molecule has 2 aromatic rings. The highest BCUT2D eigenvalue weighted by molar-refractivity contribution is 9.10. The molecule has 0 saturated carbocycles. The maximum Gasteiger partial charge on any atom is 0.234 e. The summed E-state index contributed by atoms with van der Waals surface area (Å²) in [5.41, 5.74) is 6.45. The second-order valence-electron chi connectivity index (χ2n) is 4.14. The van der Waals surface area contributed by atoms with Crippen LogP contribution in [0.1, 0.15) is 0 Å². The third-order valence-electron chi connectivity index (χ3n) is 2.54. The average molecular weight is 390 g/mol. The lowest BCUT2D eigenvalue weighted by Crippen LogP contribution is -2.15. The highest BCUT2D eigenvalue weighted by atomic mass is 79.9. The van der Waals surface area contributed by atoms with Crippen LogP contribution in [0.4, 0.5) is 15.8 Å². The highest BCUT2D eigenvalue weighted by Gasteiger charge is 2.09. The molecule has 0 atom stereocenters. The van der Waals surface area contributed by atoms with Crippen molar-refractivity contribution in [2.75, 3.05) is 16.8 Å². The Balaban J connectivity index is 1.96. The minimum Gasteiger partial charge on any atom is -0.398 e. The van der Waals surface area contributed by atoms with Crippen LogP contribution in [0.5, 0.6) is 0 Å². The van der Waals surface area contributed by atoms with Gasteiger partial charge in [-0.05, 0) is 36.4 Å². The molecule has 3 N–H and O–H groups in total. The minimum absolute atomic E-state index is 0.126. The summed E-state index contributed by atoms with van der Waals surface area (Å²) in [6, 6.07) is 9.51. The third-order valence-corrected chi connectivity index (χ3v) is 4.35. The summed E-state index contributed by atoms with van der Waals surface area (Å²) in [5, 5.41) is 3.06. The van der Waals surface area contributed by atoms with Gasteiger partial charge in [-0.2, -0.15) is 0 Å². The summed E-state index contributed by atoms with van der Waals surface area (Å²) < 4.78 is 14.2. The monoisotopic (exact) mass is 388 g/mol. The second-order valence-corrected chi connectivity index (χ2v) is 6.51. The number of nitrogens with two attached hydrogens (primary N) is 1. The van der Waals surface area contributed by atoms with Crippen LogP contribution in [-0.4, -0.2) is 11.7 Å². The Morgan fingerprint density at radius 2 is 2.10 bits per heavy atom. The number of carbonyl (C=O) groups excluding carboxylic acids is 1. The van der Waals surface area contributed by atoms with E-state index >= 15 is 0 Å². The lowest BCUT2D eigenvalue weighted by atomic mass is 10.3. The van der Waals surface area contributed by atoms with E-state index in [1.165, 1.54) is 23.9 Å². The molecular weight excluding hydrogens is 379 g/mol. The topological polar surface area (TPSA) is 55.1 Å². The number of hydrogen-bond acceptors (Lipinski definition) is 3. The van der Waals surface area contributed by atoms with Gasteiger partial charge in [-0.1, -0.05) is 27.5 Å². The predicted octanol–water partition coefficient (Wildman–Crippen LogP) is 4.55. The molecule has 0 bridgehead atoms. The zero-order valence-corrected chi connectivity index (χ0v) is 13.9. The van der Waals surface area contributed by atoms with Crippen molar-refractivity contribution >= 4 is 56.6 Å². The van der Waals surface area contributed by atoms with Crippen LogP contribution in [0.15, 0.2) is 45.8 Å². The average Bonchev–Trinajstić information content (AvgIpc) is 2.41. The molecule has 2 aromatic carbocycles. The molecule has 0 aromatic heterocycles. The number of amides is 1. The van der Waals surface area contributed by atoms with Crippen molar-refractivity contribution < 1.29 is 9.18 Å². The van der Waals surface area contributed by atoms with E-state index in [4.69, 9.17) is 17.3 Å². The number of hydrogen-bond donors (Lipinski definition) is 2. The zero-order valence-electron chi connectivity index (χ0n) is 10.7. The Kier molecular flexibility index (Phi) is 5.50. The summed E-state index contributed by atoms with van der Waals surface area (Å²) in [7, 11) is 0. The van der Waals surface area contributed by atoms with E-state index in [1.807, 2.05) is 0 Å². The molecule has 0 aliphatic heterocycles. The first-order valence-corrected chi connectivity index (χ1v) is 8.04. The minimum atomic E-state index is -0.492. The van der Waals surface area contributed by atoms with Gasteiger partial charge >= 0.3 is 0 Å². The SMILES string of the molecule is Nc1cc(Cl)ccc1SCC(=O)Nc1ccc(Br)cc1F. The lowest BCUT2D eigenvalue weighted by Gasteiger charge is -2.08. The molecular formula is C14H11BrClFN2OS. The van der Waals surface area contributed by atoms with Crippen LogP contribution in [0.25, 0.3) is 0 Å². The van der Waals surface area contributed by atoms with E-state index in [0.717, 1.165) is 4.90 Å². The normalized spacial score (nSPS) is 10.4. The van der Waals surface area contributed by atoms with Crippen LogP contribution in [0.3, 0.4) is 0 Å². The fraction of sp³-hybridized carbons (Fsp3) is 0.0714. The number of benzene rings is 2. The molecule has 21 heavy (non-hydrogen) atoms. The predicted molar refractivity (Wildman–Crippen MR) is 89.3 cm³/mol. The largest absolute Gasteiger partial charge is 0.398 e. The zero-order chi connectivity index (χ0) is 15.4. The van der Waals surface area contributed by atoms with Crippen LogP contribution in [0.2, 0.25) is 5.02 Å². The van der Waals surface area contributed by atoms with Crippen molar-refractivity contribution in [3.05, 3.63) is 51.7 Å². The van der Waals surface area contributed by atoms with Gasteiger partial charge in [-0.3, -0.25) is 4.79 Å². The summed E-state index contributed by atoms with van der Waals surface area (Å²) >= 11 is 10.2. The molecule has 0 spiro atoms. The van der Waals surface area contributed by atoms with E-state index in [-0.39, 0.29) is 17.3 Å². The molecule has 110 valence electrons. The molecule has 1 amide bonds. The summed E-state index contributed by atoms with van der Waals surface area (Å²) in [5.74, 6) is -0.675. The smallest absolute Gasteiger partial charge is 0.234 e.